The van der Waals surface area contributed by atoms with Crippen molar-refractivity contribution in [1.29, 1.82) is 0 Å². The van der Waals surface area contributed by atoms with E-state index in [1.165, 1.54) is 0 Å². The van der Waals surface area contributed by atoms with Crippen LogP contribution < -0.4 is 10.1 Å². The summed E-state index contributed by atoms with van der Waals surface area (Å²) in [5, 5.41) is 2.95. The maximum absolute atomic E-state index is 12.8. The number of urea groups is 1. The normalized spacial score (nSPS) is 18.3. The molecular weight excluding hydrogens is 344 g/mol. The topological polar surface area (TPSA) is 65.1 Å². The van der Waals surface area contributed by atoms with Crippen LogP contribution >= 0.6 is 0 Å². The maximum Gasteiger partial charge on any atom is 0.321 e. The molecule has 0 saturated carbocycles. The molecule has 0 unspecified atom stereocenters. The highest BCUT2D eigenvalue weighted by Gasteiger charge is 2.22. The molecule has 27 heavy (non-hydrogen) atoms. The zero-order valence-electron chi connectivity index (χ0n) is 16.4. The molecule has 0 radical (unpaired) electrons. The molecule has 2 fully saturated rings. The fraction of sp³-hybridized carbons (Fsp3) is 0.600. The standard InChI is InChI=1S/C20H30N4O3/c1-3-22-9-6-12-24(14-13-22)20(26)21-17-15-16(7-8-18(17)27-2)19(25)23-10-4-5-11-23/h7-8,15H,3-6,9-14H2,1-2H3,(H,21,26). The lowest BCUT2D eigenvalue weighted by molar-refractivity contribution is 0.0793. The number of hydrogen-bond donors (Lipinski definition) is 1. The molecule has 148 valence electrons. The first-order valence-electron chi connectivity index (χ1n) is 9.88. The van der Waals surface area contributed by atoms with Crippen molar-refractivity contribution in [2.45, 2.75) is 26.2 Å². The minimum absolute atomic E-state index is 0.0130. The van der Waals surface area contributed by atoms with Crippen molar-refractivity contribution in [1.82, 2.24) is 14.7 Å². The Morgan fingerprint density at radius 3 is 2.44 bits per heavy atom. The number of hydrogen-bond acceptors (Lipinski definition) is 4. The fourth-order valence-corrected chi connectivity index (χ4v) is 3.73. The van der Waals surface area contributed by atoms with Gasteiger partial charge < -0.3 is 24.8 Å². The van der Waals surface area contributed by atoms with Gasteiger partial charge in [0.25, 0.3) is 5.91 Å². The highest BCUT2D eigenvalue weighted by Crippen LogP contribution is 2.27. The SMILES string of the molecule is CCN1CCCN(C(=O)Nc2cc(C(=O)N3CCCC3)ccc2OC)CC1. The molecule has 0 spiro atoms. The molecule has 7 nitrogen and oxygen atoms in total. The van der Waals surface area contributed by atoms with Crippen molar-refractivity contribution in [3.63, 3.8) is 0 Å². The summed E-state index contributed by atoms with van der Waals surface area (Å²) in [7, 11) is 1.57. The van der Waals surface area contributed by atoms with E-state index in [0.717, 1.165) is 58.5 Å². The van der Waals surface area contributed by atoms with Crippen LogP contribution in [-0.4, -0.2) is 79.6 Å². The van der Waals surface area contributed by atoms with E-state index in [1.807, 2.05) is 9.80 Å². The van der Waals surface area contributed by atoms with Crippen LogP contribution in [0.2, 0.25) is 0 Å². The lowest BCUT2D eigenvalue weighted by Crippen LogP contribution is -2.38. The van der Waals surface area contributed by atoms with Gasteiger partial charge in [-0.1, -0.05) is 6.92 Å². The van der Waals surface area contributed by atoms with Crippen molar-refractivity contribution < 1.29 is 14.3 Å². The lowest BCUT2D eigenvalue weighted by Gasteiger charge is -2.23. The third-order valence-corrected chi connectivity index (χ3v) is 5.40. The van der Waals surface area contributed by atoms with Crippen molar-refractivity contribution in [2.24, 2.45) is 0 Å². The Balaban J connectivity index is 1.71. The molecule has 0 bridgehead atoms. The number of likely N-dealkylation sites (N-methyl/N-ethyl adjacent to an activating group) is 1. The van der Waals surface area contributed by atoms with Gasteiger partial charge in [-0.25, -0.2) is 4.79 Å². The second-order valence-corrected chi connectivity index (χ2v) is 7.12. The van der Waals surface area contributed by atoms with E-state index in [1.54, 1.807) is 25.3 Å². The quantitative estimate of drug-likeness (QED) is 0.879. The lowest BCUT2D eigenvalue weighted by atomic mass is 10.1. The zero-order chi connectivity index (χ0) is 19.2. The summed E-state index contributed by atoms with van der Waals surface area (Å²) in [6.45, 7) is 8.08. The van der Waals surface area contributed by atoms with Crippen LogP contribution in [0, 0.1) is 0 Å². The largest absolute Gasteiger partial charge is 0.495 e. The van der Waals surface area contributed by atoms with E-state index in [4.69, 9.17) is 4.74 Å². The Kier molecular flexibility index (Phi) is 6.55. The first-order chi connectivity index (χ1) is 13.1. The summed E-state index contributed by atoms with van der Waals surface area (Å²) in [5.41, 5.74) is 1.13. The molecular formula is C20H30N4O3. The molecule has 1 aromatic rings. The van der Waals surface area contributed by atoms with Crippen molar-refractivity contribution >= 4 is 17.6 Å². The van der Waals surface area contributed by atoms with Gasteiger partial charge in [0.05, 0.1) is 12.8 Å². The molecule has 2 aliphatic rings. The number of rotatable bonds is 4. The van der Waals surface area contributed by atoms with Crippen LogP contribution in [0.1, 0.15) is 36.5 Å². The number of nitrogens with one attached hydrogen (secondary N) is 1. The van der Waals surface area contributed by atoms with Crippen LogP contribution in [0.15, 0.2) is 18.2 Å². The highest BCUT2D eigenvalue weighted by atomic mass is 16.5. The molecule has 3 amide bonds. The van der Waals surface area contributed by atoms with Gasteiger partial charge in [-0.05, 0) is 50.6 Å². The second-order valence-electron chi connectivity index (χ2n) is 7.12. The minimum Gasteiger partial charge on any atom is -0.495 e. The van der Waals surface area contributed by atoms with Gasteiger partial charge in [0.1, 0.15) is 5.75 Å². The molecule has 0 aromatic heterocycles. The molecule has 1 aromatic carbocycles. The van der Waals surface area contributed by atoms with E-state index in [-0.39, 0.29) is 11.9 Å². The van der Waals surface area contributed by atoms with Gasteiger partial charge in [0.15, 0.2) is 0 Å². The number of carbonyl (C=O) groups excluding carboxylic acids is 2. The molecule has 1 N–H and O–H groups in total. The number of anilines is 1. The highest BCUT2D eigenvalue weighted by molar-refractivity contribution is 5.98. The average molecular weight is 374 g/mol. The Hall–Kier alpha value is -2.28. The number of carbonyl (C=O) groups is 2. The van der Waals surface area contributed by atoms with E-state index < -0.39 is 0 Å². The first kappa shape index (κ1) is 19.5. The van der Waals surface area contributed by atoms with Gasteiger partial charge in [-0.3, -0.25) is 4.79 Å². The van der Waals surface area contributed by atoms with E-state index in [9.17, 15) is 9.59 Å². The van der Waals surface area contributed by atoms with Crippen LogP contribution in [0.5, 0.6) is 5.75 Å². The van der Waals surface area contributed by atoms with Gasteiger partial charge in [0.2, 0.25) is 0 Å². The number of methoxy groups -OCH3 is 1. The van der Waals surface area contributed by atoms with E-state index in [2.05, 4.69) is 17.1 Å². The summed E-state index contributed by atoms with van der Waals surface area (Å²) in [4.78, 5) is 31.5. The smallest absolute Gasteiger partial charge is 0.321 e. The maximum atomic E-state index is 12.8. The van der Waals surface area contributed by atoms with Crippen LogP contribution in [0.25, 0.3) is 0 Å². The van der Waals surface area contributed by atoms with Crippen LogP contribution in [0.3, 0.4) is 0 Å². The Morgan fingerprint density at radius 2 is 1.74 bits per heavy atom. The number of nitrogens with zero attached hydrogens (tertiary/aromatic N) is 3. The summed E-state index contributed by atoms with van der Waals surface area (Å²) >= 11 is 0. The average Bonchev–Trinajstić information content (AvgIpc) is 3.12. The number of amides is 3. The Labute approximate surface area is 161 Å². The molecule has 2 saturated heterocycles. The van der Waals surface area contributed by atoms with Crippen molar-refractivity contribution in [3.05, 3.63) is 23.8 Å². The van der Waals surface area contributed by atoms with Crippen molar-refractivity contribution in [3.8, 4) is 5.75 Å². The molecule has 0 aliphatic carbocycles. The molecule has 0 atom stereocenters. The Bertz CT molecular complexity index is 673. The summed E-state index contributed by atoms with van der Waals surface area (Å²) in [6, 6.07) is 5.10. The predicted octanol–water partition coefficient (Wildman–Crippen LogP) is 2.49. The second kappa shape index (κ2) is 9.08. The molecule has 7 heteroatoms. The minimum atomic E-state index is -0.142. The summed E-state index contributed by atoms with van der Waals surface area (Å²) in [6.07, 6.45) is 3.07. The summed E-state index contributed by atoms with van der Waals surface area (Å²) < 4.78 is 5.39. The van der Waals surface area contributed by atoms with E-state index >= 15 is 0 Å². The van der Waals surface area contributed by atoms with Gasteiger partial charge in [-0.15, -0.1) is 0 Å². The zero-order valence-corrected chi connectivity index (χ0v) is 16.4. The van der Waals surface area contributed by atoms with E-state index in [0.29, 0.717) is 23.5 Å². The monoisotopic (exact) mass is 374 g/mol. The Morgan fingerprint density at radius 1 is 1.00 bits per heavy atom. The number of likely N-dealkylation sites (tertiary alicyclic amines) is 1. The molecule has 3 rings (SSSR count). The summed E-state index contributed by atoms with van der Waals surface area (Å²) in [5.74, 6) is 0.574. The van der Waals surface area contributed by atoms with Gasteiger partial charge in [-0.2, -0.15) is 0 Å². The van der Waals surface area contributed by atoms with Gasteiger partial charge >= 0.3 is 6.03 Å². The fourth-order valence-electron chi connectivity index (χ4n) is 3.73. The van der Waals surface area contributed by atoms with Crippen LogP contribution in [0.4, 0.5) is 10.5 Å². The van der Waals surface area contributed by atoms with Crippen molar-refractivity contribution in [2.75, 3.05) is 58.2 Å². The van der Waals surface area contributed by atoms with Crippen LogP contribution in [-0.2, 0) is 0 Å². The first-order valence-corrected chi connectivity index (χ1v) is 9.88. The van der Waals surface area contributed by atoms with Gasteiger partial charge in [0, 0.05) is 38.3 Å². The number of benzene rings is 1. The molecule has 2 aliphatic heterocycles. The molecule has 2 heterocycles. The number of ether oxygens (including phenoxy) is 1. The third-order valence-electron chi connectivity index (χ3n) is 5.40. The predicted molar refractivity (Wildman–Crippen MR) is 105 cm³/mol. The third kappa shape index (κ3) is 4.71.